The Labute approximate surface area is 229 Å². The van der Waals surface area contributed by atoms with Crippen LogP contribution in [0.5, 0.6) is 5.75 Å². The Bertz CT molecular complexity index is 1180. The summed E-state index contributed by atoms with van der Waals surface area (Å²) in [7, 11) is 0. The molecular formula is C27H33ClFNO9. The highest BCUT2D eigenvalue weighted by Crippen LogP contribution is 2.49. The fourth-order valence-corrected chi connectivity index (χ4v) is 5.23. The second-order valence-corrected chi connectivity index (χ2v) is 10.2. The summed E-state index contributed by atoms with van der Waals surface area (Å²) in [5.74, 6) is -2.83. The first-order valence-electron chi connectivity index (χ1n) is 12.7. The van der Waals surface area contributed by atoms with Crippen molar-refractivity contribution in [2.45, 2.75) is 61.9 Å². The third-order valence-corrected chi connectivity index (χ3v) is 7.59. The summed E-state index contributed by atoms with van der Waals surface area (Å²) in [6.45, 7) is 2.15. The number of aliphatic carboxylic acids is 1. The highest BCUT2D eigenvalue weighted by Gasteiger charge is 2.67. The van der Waals surface area contributed by atoms with E-state index in [1.807, 2.05) is 0 Å². The molecule has 6 atom stereocenters. The maximum Gasteiger partial charge on any atom is 0.320 e. The van der Waals surface area contributed by atoms with Gasteiger partial charge in [-0.25, -0.2) is 4.39 Å². The molecule has 0 radical (unpaired) electrons. The Morgan fingerprint density at radius 3 is 2.56 bits per heavy atom. The standard InChI is InChI=1S/C22H24ClFO7.C5H9NO2/c1-2-29-17-6-3-12(8-16(17)24)7-13-9-14(4-5-15(13)23)22-20(28)18(26)19(27)21(10-25,31-22)11-30-22;7-5(8)4-2-1-3-6-4/h3-6,8-9,18-20,25-28H,2,7,10-11H2,1H3;4,6H,1-3H2,(H,7,8)/t18-,19-,20+,21+,22+;4-/m01/s1. The average Bonchev–Trinajstić information content (AvgIpc) is 3.59. The van der Waals surface area contributed by atoms with E-state index >= 15 is 0 Å². The number of hydrogen-bond acceptors (Lipinski definition) is 9. The minimum absolute atomic E-state index is 0.163. The zero-order valence-electron chi connectivity index (χ0n) is 21.3. The lowest BCUT2D eigenvalue weighted by molar-refractivity contribution is -0.329. The summed E-state index contributed by atoms with van der Waals surface area (Å²) in [5.41, 5.74) is 0.0530. The van der Waals surface area contributed by atoms with Crippen LogP contribution in [0.2, 0.25) is 5.02 Å². The largest absolute Gasteiger partial charge is 0.491 e. The molecule has 0 amide bonds. The molecule has 12 heteroatoms. The Balaban J connectivity index is 0.000000379. The molecule has 2 aromatic carbocycles. The van der Waals surface area contributed by atoms with Gasteiger partial charge in [0, 0.05) is 10.6 Å². The molecule has 0 aromatic heterocycles. The summed E-state index contributed by atoms with van der Waals surface area (Å²) in [6.07, 6.45) is -2.67. The predicted molar refractivity (Wildman–Crippen MR) is 137 cm³/mol. The number of ether oxygens (including phenoxy) is 3. The molecule has 2 aromatic rings. The molecule has 214 valence electrons. The van der Waals surface area contributed by atoms with Crippen LogP contribution < -0.4 is 10.1 Å². The molecule has 6 N–H and O–H groups in total. The van der Waals surface area contributed by atoms with Crippen LogP contribution in [-0.4, -0.2) is 87.8 Å². The number of nitrogens with one attached hydrogen (secondary N) is 1. The fraction of sp³-hybridized carbons (Fsp3) is 0.519. The zero-order valence-corrected chi connectivity index (χ0v) is 22.1. The molecule has 39 heavy (non-hydrogen) atoms. The van der Waals surface area contributed by atoms with Crippen molar-refractivity contribution in [2.75, 3.05) is 26.4 Å². The van der Waals surface area contributed by atoms with Gasteiger partial charge in [0.2, 0.25) is 5.79 Å². The van der Waals surface area contributed by atoms with E-state index in [-0.39, 0.29) is 24.8 Å². The number of halogens is 2. The van der Waals surface area contributed by atoms with Crippen LogP contribution in [0.3, 0.4) is 0 Å². The maximum absolute atomic E-state index is 14.2. The first kappa shape index (κ1) is 29.6. The normalized spacial score (nSPS) is 31.5. The van der Waals surface area contributed by atoms with E-state index in [0.29, 0.717) is 28.3 Å². The zero-order chi connectivity index (χ0) is 28.4. The Hall–Kier alpha value is -2.35. The van der Waals surface area contributed by atoms with E-state index in [1.54, 1.807) is 37.3 Å². The quantitative estimate of drug-likeness (QED) is 0.287. The van der Waals surface area contributed by atoms with Gasteiger partial charge in [-0.3, -0.25) is 4.79 Å². The average molecular weight is 570 g/mol. The van der Waals surface area contributed by atoms with Gasteiger partial charge >= 0.3 is 5.97 Å². The Morgan fingerprint density at radius 2 is 1.97 bits per heavy atom. The lowest BCUT2D eigenvalue weighted by Gasteiger charge is -2.46. The van der Waals surface area contributed by atoms with Crippen LogP contribution in [0.4, 0.5) is 4.39 Å². The van der Waals surface area contributed by atoms with Gasteiger partial charge in [-0.05, 0) is 68.1 Å². The summed E-state index contributed by atoms with van der Waals surface area (Å²) in [5, 5.41) is 52.7. The van der Waals surface area contributed by atoms with E-state index < -0.39 is 48.1 Å². The van der Waals surface area contributed by atoms with Gasteiger partial charge in [-0.2, -0.15) is 0 Å². The highest BCUT2D eigenvalue weighted by molar-refractivity contribution is 6.31. The molecule has 10 nitrogen and oxygen atoms in total. The molecular weight excluding hydrogens is 537 g/mol. The highest BCUT2D eigenvalue weighted by atomic mass is 35.5. The number of rotatable bonds is 7. The van der Waals surface area contributed by atoms with Gasteiger partial charge < -0.3 is 45.1 Å². The van der Waals surface area contributed by atoms with Crippen molar-refractivity contribution in [3.05, 3.63) is 63.9 Å². The van der Waals surface area contributed by atoms with E-state index in [2.05, 4.69) is 5.32 Å². The van der Waals surface area contributed by atoms with Crippen molar-refractivity contribution in [3.63, 3.8) is 0 Å². The molecule has 0 unspecified atom stereocenters. The second-order valence-electron chi connectivity index (χ2n) is 9.83. The number of aliphatic hydroxyl groups excluding tert-OH is 4. The monoisotopic (exact) mass is 569 g/mol. The molecule has 3 fully saturated rings. The smallest absolute Gasteiger partial charge is 0.320 e. The topological polar surface area (TPSA) is 158 Å². The van der Waals surface area contributed by atoms with Crippen LogP contribution in [0.25, 0.3) is 0 Å². The van der Waals surface area contributed by atoms with Crippen molar-refractivity contribution in [3.8, 4) is 5.75 Å². The number of carboxylic acids is 1. The lowest BCUT2D eigenvalue weighted by atomic mass is 9.83. The third-order valence-electron chi connectivity index (χ3n) is 7.23. The van der Waals surface area contributed by atoms with Crippen LogP contribution >= 0.6 is 11.6 Å². The second kappa shape index (κ2) is 12.0. The van der Waals surface area contributed by atoms with Crippen molar-refractivity contribution >= 4 is 17.6 Å². The molecule has 0 spiro atoms. The summed E-state index contributed by atoms with van der Waals surface area (Å²) < 4.78 is 31.0. The van der Waals surface area contributed by atoms with Gasteiger partial charge in [0.05, 0.1) is 19.8 Å². The molecule has 3 aliphatic heterocycles. The maximum atomic E-state index is 14.2. The number of benzene rings is 2. The predicted octanol–water partition coefficient (Wildman–Crippen LogP) is 1.32. The van der Waals surface area contributed by atoms with Gasteiger partial charge in [-0.1, -0.05) is 23.7 Å². The molecule has 3 aliphatic rings. The number of carbonyl (C=O) groups is 1. The first-order valence-corrected chi connectivity index (χ1v) is 13.1. The minimum atomic E-state index is -1.79. The SMILES string of the molecule is CCOc1ccc(Cc2cc([C@@]34OC[C@@](CO)(O3)[C@@H](O)[C@H](O)[C@H]4O)ccc2Cl)cc1F.O=C(O)[C@H]1CCCN1. The number of aliphatic hydroxyl groups is 4. The van der Waals surface area contributed by atoms with Crippen LogP contribution in [0.1, 0.15) is 36.5 Å². The van der Waals surface area contributed by atoms with Crippen molar-refractivity contribution in [1.82, 2.24) is 5.32 Å². The molecule has 2 bridgehead atoms. The van der Waals surface area contributed by atoms with E-state index in [1.165, 1.54) is 6.07 Å². The van der Waals surface area contributed by atoms with Crippen molar-refractivity contribution < 1.29 is 48.9 Å². The first-order chi connectivity index (χ1) is 18.6. The van der Waals surface area contributed by atoms with Gasteiger partial charge in [-0.15, -0.1) is 0 Å². The summed E-state index contributed by atoms with van der Waals surface area (Å²) >= 11 is 6.36. The van der Waals surface area contributed by atoms with E-state index in [0.717, 1.165) is 19.4 Å². The Kier molecular flexibility index (Phi) is 9.14. The number of hydrogen-bond donors (Lipinski definition) is 6. The van der Waals surface area contributed by atoms with Gasteiger partial charge in [0.15, 0.2) is 11.6 Å². The molecule has 0 aliphatic carbocycles. The number of carboxylic acid groups (broad SMARTS) is 1. The van der Waals surface area contributed by atoms with E-state index in [4.69, 9.17) is 30.9 Å². The molecule has 0 saturated carbocycles. The van der Waals surface area contributed by atoms with Crippen LogP contribution in [0.15, 0.2) is 36.4 Å². The van der Waals surface area contributed by atoms with Crippen LogP contribution in [0, 0.1) is 5.82 Å². The third kappa shape index (κ3) is 5.77. The number of fused-ring (bicyclic) bond motifs is 2. The van der Waals surface area contributed by atoms with Gasteiger partial charge in [0.25, 0.3) is 0 Å². The molecule has 3 saturated heterocycles. The minimum Gasteiger partial charge on any atom is -0.491 e. The summed E-state index contributed by atoms with van der Waals surface area (Å²) in [4.78, 5) is 10.1. The Morgan fingerprint density at radius 1 is 1.21 bits per heavy atom. The van der Waals surface area contributed by atoms with Crippen molar-refractivity contribution in [1.29, 1.82) is 0 Å². The van der Waals surface area contributed by atoms with Gasteiger partial charge in [0.1, 0.15) is 30.0 Å². The van der Waals surface area contributed by atoms with E-state index in [9.17, 15) is 29.6 Å². The van der Waals surface area contributed by atoms with Crippen molar-refractivity contribution in [2.24, 2.45) is 0 Å². The lowest BCUT2D eigenvalue weighted by Crippen LogP contribution is -2.65. The molecule has 5 rings (SSSR count). The summed E-state index contributed by atoms with van der Waals surface area (Å²) in [6, 6.07) is 9.16. The van der Waals surface area contributed by atoms with Crippen LogP contribution in [-0.2, 0) is 26.5 Å². The molecule has 3 heterocycles. The fourth-order valence-electron chi connectivity index (χ4n) is 5.04.